The second kappa shape index (κ2) is 6.66. The molecule has 0 radical (unpaired) electrons. The van der Waals surface area contributed by atoms with Gasteiger partial charge in [0, 0.05) is 19.3 Å². The lowest BCUT2D eigenvalue weighted by Gasteiger charge is -2.10. The Balaban J connectivity index is 1.59. The number of urea groups is 1. The zero-order valence-electron chi connectivity index (χ0n) is 12.6. The van der Waals surface area contributed by atoms with Gasteiger partial charge >= 0.3 is 6.03 Å². The van der Waals surface area contributed by atoms with Crippen LogP contribution in [-0.4, -0.2) is 27.1 Å². The van der Waals surface area contributed by atoms with Crippen LogP contribution in [0.1, 0.15) is 5.82 Å². The number of nitrogens with one attached hydrogen (secondary N) is 2. The van der Waals surface area contributed by atoms with Gasteiger partial charge in [-0.1, -0.05) is 23.7 Å². The van der Waals surface area contributed by atoms with Crippen molar-refractivity contribution in [1.82, 2.24) is 19.9 Å². The summed E-state index contributed by atoms with van der Waals surface area (Å²) in [5, 5.41) is 5.74. The number of aromatic nitrogens is 3. The smallest absolute Gasteiger partial charge is 0.319 e. The molecule has 118 valence electrons. The van der Waals surface area contributed by atoms with E-state index in [0.29, 0.717) is 18.8 Å². The van der Waals surface area contributed by atoms with Crippen molar-refractivity contribution in [2.45, 2.75) is 13.5 Å². The third-order valence-corrected chi connectivity index (χ3v) is 3.77. The number of carbonyl (C=O) groups excluding carboxylic acids is 1. The van der Waals surface area contributed by atoms with Crippen LogP contribution < -0.4 is 10.6 Å². The molecular weight excluding hydrogens is 314 g/mol. The Hall–Kier alpha value is -2.60. The van der Waals surface area contributed by atoms with Gasteiger partial charge in [0.25, 0.3) is 0 Å². The zero-order chi connectivity index (χ0) is 16.2. The highest BCUT2D eigenvalue weighted by Crippen LogP contribution is 2.17. The second-order valence-electron chi connectivity index (χ2n) is 5.02. The average molecular weight is 330 g/mol. The van der Waals surface area contributed by atoms with E-state index in [4.69, 9.17) is 11.6 Å². The van der Waals surface area contributed by atoms with E-state index in [1.807, 2.05) is 31.2 Å². The van der Waals surface area contributed by atoms with Crippen LogP contribution in [0.15, 0.2) is 42.6 Å². The minimum atomic E-state index is -0.318. The summed E-state index contributed by atoms with van der Waals surface area (Å²) in [6.07, 6.45) is 1.57. The molecule has 0 bridgehead atoms. The number of benzene rings is 1. The van der Waals surface area contributed by atoms with Crippen LogP contribution in [0.5, 0.6) is 0 Å². The maximum Gasteiger partial charge on any atom is 0.319 e. The van der Waals surface area contributed by atoms with Gasteiger partial charge in [-0.25, -0.2) is 14.8 Å². The minimum absolute atomic E-state index is 0.263. The van der Waals surface area contributed by atoms with Crippen molar-refractivity contribution in [3.8, 4) is 0 Å². The third kappa shape index (κ3) is 3.43. The fraction of sp³-hybridized carbons (Fsp3) is 0.188. The number of imidazole rings is 1. The fourth-order valence-corrected chi connectivity index (χ4v) is 2.57. The molecule has 0 aliphatic heterocycles. The van der Waals surface area contributed by atoms with Crippen molar-refractivity contribution in [2.24, 2.45) is 0 Å². The van der Waals surface area contributed by atoms with Gasteiger partial charge in [-0.2, -0.15) is 0 Å². The van der Waals surface area contributed by atoms with Gasteiger partial charge < -0.3 is 15.2 Å². The minimum Gasteiger partial charge on any atom is -0.336 e. The van der Waals surface area contributed by atoms with Crippen molar-refractivity contribution < 1.29 is 4.79 Å². The molecule has 1 aromatic carbocycles. The third-order valence-electron chi connectivity index (χ3n) is 3.47. The monoisotopic (exact) mass is 329 g/mol. The summed E-state index contributed by atoms with van der Waals surface area (Å²) in [5.74, 6) is 0.920. The molecule has 23 heavy (non-hydrogen) atoms. The highest BCUT2D eigenvalue weighted by molar-refractivity contribution is 6.32. The number of anilines is 1. The molecule has 2 heterocycles. The number of amides is 2. The van der Waals surface area contributed by atoms with Gasteiger partial charge in [-0.05, 0) is 31.2 Å². The quantitative estimate of drug-likeness (QED) is 0.722. The standard InChI is InChI=1S/C16H16ClN5O/c1-11-20-12-5-2-3-7-14(12)22(11)10-9-19-16(23)21-13-6-4-8-18-15(13)17/h2-8H,9-10H2,1H3,(H2,19,21,23). The molecule has 0 unspecified atom stereocenters. The maximum atomic E-state index is 11.9. The van der Waals surface area contributed by atoms with E-state index >= 15 is 0 Å². The van der Waals surface area contributed by atoms with Crippen LogP contribution in [0.2, 0.25) is 5.15 Å². The number of carbonyl (C=O) groups is 1. The molecule has 6 nitrogen and oxygen atoms in total. The van der Waals surface area contributed by atoms with Crippen LogP contribution in [-0.2, 0) is 6.54 Å². The summed E-state index contributed by atoms with van der Waals surface area (Å²) < 4.78 is 2.08. The Labute approximate surface area is 138 Å². The average Bonchev–Trinajstić information content (AvgIpc) is 2.86. The molecule has 0 aliphatic rings. The van der Waals surface area contributed by atoms with Crippen molar-refractivity contribution in [3.05, 3.63) is 53.6 Å². The number of halogens is 1. The van der Waals surface area contributed by atoms with Gasteiger partial charge in [0.2, 0.25) is 0 Å². The predicted molar refractivity (Wildman–Crippen MR) is 90.7 cm³/mol. The Bertz CT molecular complexity index is 845. The van der Waals surface area contributed by atoms with Crippen molar-refractivity contribution in [2.75, 3.05) is 11.9 Å². The molecule has 2 aromatic heterocycles. The summed E-state index contributed by atoms with van der Waals surface area (Å²) in [5.41, 5.74) is 2.50. The van der Waals surface area contributed by atoms with Gasteiger partial charge in [0.15, 0.2) is 5.15 Å². The summed E-state index contributed by atoms with van der Waals surface area (Å²) in [7, 11) is 0. The number of para-hydroxylation sites is 2. The lowest BCUT2D eigenvalue weighted by atomic mass is 10.3. The Kier molecular flexibility index (Phi) is 4.43. The topological polar surface area (TPSA) is 71.8 Å². The molecule has 7 heteroatoms. The molecule has 0 spiro atoms. The SMILES string of the molecule is Cc1nc2ccccc2n1CCNC(=O)Nc1cccnc1Cl. The van der Waals surface area contributed by atoms with Crippen molar-refractivity contribution in [1.29, 1.82) is 0 Å². The van der Waals surface area contributed by atoms with Gasteiger partial charge in [-0.15, -0.1) is 0 Å². The highest BCUT2D eigenvalue weighted by Gasteiger charge is 2.08. The number of pyridine rings is 1. The lowest BCUT2D eigenvalue weighted by Crippen LogP contribution is -2.31. The molecule has 3 aromatic rings. The molecule has 0 saturated carbocycles. The molecule has 2 amide bonds. The van der Waals surface area contributed by atoms with E-state index < -0.39 is 0 Å². The fourth-order valence-electron chi connectivity index (χ4n) is 2.41. The first-order chi connectivity index (χ1) is 11.1. The van der Waals surface area contributed by atoms with E-state index in [1.165, 1.54) is 0 Å². The number of nitrogens with zero attached hydrogens (tertiary/aromatic N) is 3. The number of hydrogen-bond acceptors (Lipinski definition) is 3. The van der Waals surface area contributed by atoms with Crippen LogP contribution in [0, 0.1) is 6.92 Å². The van der Waals surface area contributed by atoms with E-state index in [-0.39, 0.29) is 11.2 Å². The summed E-state index contributed by atoms with van der Waals surface area (Å²) in [6.45, 7) is 3.07. The Morgan fingerprint density at radius 2 is 2.09 bits per heavy atom. The maximum absolute atomic E-state index is 11.9. The van der Waals surface area contributed by atoms with Gasteiger partial charge in [0.1, 0.15) is 5.82 Å². The number of rotatable bonds is 4. The first-order valence-electron chi connectivity index (χ1n) is 7.22. The van der Waals surface area contributed by atoms with Gasteiger partial charge in [0.05, 0.1) is 16.7 Å². The summed E-state index contributed by atoms with van der Waals surface area (Å²) >= 11 is 5.90. The van der Waals surface area contributed by atoms with Crippen LogP contribution in [0.4, 0.5) is 10.5 Å². The van der Waals surface area contributed by atoms with Crippen LogP contribution >= 0.6 is 11.6 Å². The molecule has 0 atom stereocenters. The number of fused-ring (bicyclic) bond motifs is 1. The lowest BCUT2D eigenvalue weighted by molar-refractivity contribution is 0.251. The summed E-state index contributed by atoms with van der Waals surface area (Å²) in [6, 6.07) is 11.0. The zero-order valence-corrected chi connectivity index (χ0v) is 13.3. The normalized spacial score (nSPS) is 10.7. The van der Waals surface area contributed by atoms with Crippen molar-refractivity contribution >= 4 is 34.4 Å². The van der Waals surface area contributed by atoms with Crippen LogP contribution in [0.3, 0.4) is 0 Å². The molecular formula is C16H16ClN5O. The molecule has 0 saturated heterocycles. The predicted octanol–water partition coefficient (Wildman–Crippen LogP) is 3.21. The largest absolute Gasteiger partial charge is 0.336 e. The van der Waals surface area contributed by atoms with Gasteiger partial charge in [-0.3, -0.25) is 0 Å². The Morgan fingerprint density at radius 3 is 2.91 bits per heavy atom. The molecule has 2 N–H and O–H groups in total. The first-order valence-corrected chi connectivity index (χ1v) is 7.60. The van der Waals surface area contributed by atoms with E-state index in [0.717, 1.165) is 16.9 Å². The van der Waals surface area contributed by atoms with E-state index in [9.17, 15) is 4.79 Å². The molecule has 0 fully saturated rings. The number of hydrogen-bond donors (Lipinski definition) is 2. The molecule has 0 aliphatic carbocycles. The Morgan fingerprint density at radius 1 is 1.26 bits per heavy atom. The summed E-state index contributed by atoms with van der Waals surface area (Å²) in [4.78, 5) is 20.3. The first kappa shape index (κ1) is 15.3. The van der Waals surface area contributed by atoms with E-state index in [1.54, 1.807) is 18.3 Å². The second-order valence-corrected chi connectivity index (χ2v) is 5.38. The van der Waals surface area contributed by atoms with Crippen LogP contribution in [0.25, 0.3) is 11.0 Å². The van der Waals surface area contributed by atoms with Crippen molar-refractivity contribution in [3.63, 3.8) is 0 Å². The highest BCUT2D eigenvalue weighted by atomic mass is 35.5. The molecule has 3 rings (SSSR count). The number of aryl methyl sites for hydroxylation is 1. The van der Waals surface area contributed by atoms with E-state index in [2.05, 4.69) is 25.2 Å².